The molecule has 0 bridgehead atoms. The third-order valence-corrected chi connectivity index (χ3v) is 4.87. The SMILES string of the molecule is COc1ccc(CN2C(=C=O)CCC(OS(=O)(=O)C(F)(F)F)C2=C=O)cc1. The summed E-state index contributed by atoms with van der Waals surface area (Å²) in [6.45, 7) is -0.0922. The van der Waals surface area contributed by atoms with Gasteiger partial charge in [-0.3, -0.25) is 4.18 Å². The first-order chi connectivity index (χ1) is 12.6. The van der Waals surface area contributed by atoms with Gasteiger partial charge >= 0.3 is 15.6 Å². The topological polar surface area (TPSA) is 90.0 Å². The van der Waals surface area contributed by atoms with Crippen molar-refractivity contribution in [1.82, 2.24) is 4.90 Å². The molecule has 1 aromatic carbocycles. The molecule has 0 saturated carbocycles. The van der Waals surface area contributed by atoms with Gasteiger partial charge in [-0.05, 0) is 24.1 Å². The molecule has 1 heterocycles. The molecule has 0 spiro atoms. The van der Waals surface area contributed by atoms with E-state index in [9.17, 15) is 31.2 Å². The maximum Gasteiger partial charge on any atom is 0.523 e. The van der Waals surface area contributed by atoms with Gasteiger partial charge in [-0.15, -0.1) is 0 Å². The van der Waals surface area contributed by atoms with Crippen LogP contribution in [0, 0.1) is 0 Å². The Morgan fingerprint density at radius 2 is 1.81 bits per heavy atom. The molecular weight excluding hydrogens is 391 g/mol. The van der Waals surface area contributed by atoms with Crippen molar-refractivity contribution in [3.8, 4) is 5.75 Å². The van der Waals surface area contributed by atoms with Crippen molar-refractivity contribution < 1.29 is 40.1 Å². The third-order valence-electron chi connectivity index (χ3n) is 3.81. The zero-order chi connectivity index (χ0) is 20.2. The molecule has 0 amide bonds. The highest BCUT2D eigenvalue weighted by Crippen LogP contribution is 2.34. The molecule has 2 rings (SSSR count). The molecule has 0 N–H and O–H groups in total. The summed E-state index contributed by atoms with van der Waals surface area (Å²) in [4.78, 5) is 23.6. The van der Waals surface area contributed by atoms with Crippen molar-refractivity contribution in [2.75, 3.05) is 7.11 Å². The van der Waals surface area contributed by atoms with Gasteiger partial charge in [0.1, 0.15) is 35.1 Å². The number of likely N-dealkylation sites (tertiary alicyclic amines) is 1. The van der Waals surface area contributed by atoms with Gasteiger partial charge in [0.2, 0.25) is 0 Å². The van der Waals surface area contributed by atoms with E-state index in [1.54, 1.807) is 30.2 Å². The van der Waals surface area contributed by atoms with Gasteiger partial charge in [0.15, 0.2) is 0 Å². The number of halogens is 3. The molecular formula is C16H14F3NO6S. The highest BCUT2D eigenvalue weighted by Gasteiger charge is 2.50. The van der Waals surface area contributed by atoms with E-state index < -0.39 is 27.4 Å². The second-order valence-corrected chi connectivity index (χ2v) is 7.06. The Kier molecular flexibility index (Phi) is 6.12. The monoisotopic (exact) mass is 405 g/mol. The molecule has 0 aliphatic carbocycles. The van der Waals surface area contributed by atoms with Crippen LogP contribution in [0.5, 0.6) is 5.75 Å². The Hall–Kier alpha value is -2.58. The van der Waals surface area contributed by atoms with Crippen LogP contribution in [-0.4, -0.2) is 43.9 Å². The molecule has 1 aliphatic heterocycles. The summed E-state index contributed by atoms with van der Waals surface area (Å²) in [7, 11) is -4.46. The predicted octanol–water partition coefficient (Wildman–Crippen LogP) is 1.96. The summed E-state index contributed by atoms with van der Waals surface area (Å²) in [6, 6.07) is 6.44. The van der Waals surface area contributed by atoms with E-state index in [2.05, 4.69) is 4.18 Å². The Balaban J connectivity index is 2.32. The number of hydrogen-bond donors (Lipinski definition) is 0. The van der Waals surface area contributed by atoms with E-state index in [4.69, 9.17) is 4.74 Å². The number of carbonyl (C=O) groups excluding carboxylic acids is 2. The van der Waals surface area contributed by atoms with Crippen LogP contribution in [0.2, 0.25) is 0 Å². The zero-order valence-corrected chi connectivity index (χ0v) is 14.8. The molecule has 7 nitrogen and oxygen atoms in total. The number of benzene rings is 1. The van der Waals surface area contributed by atoms with E-state index in [1.807, 2.05) is 0 Å². The van der Waals surface area contributed by atoms with Crippen LogP contribution in [0.25, 0.3) is 0 Å². The Morgan fingerprint density at radius 1 is 1.19 bits per heavy atom. The Labute approximate surface area is 152 Å². The summed E-state index contributed by atoms with van der Waals surface area (Å²) in [6.07, 6.45) is -2.16. The summed E-state index contributed by atoms with van der Waals surface area (Å²) in [5.74, 6) is 3.56. The molecule has 0 radical (unpaired) electrons. The quantitative estimate of drug-likeness (QED) is 0.420. The molecule has 0 aromatic heterocycles. The summed E-state index contributed by atoms with van der Waals surface area (Å²) in [5.41, 5.74) is -5.60. The lowest BCUT2D eigenvalue weighted by Crippen LogP contribution is -2.40. The second kappa shape index (κ2) is 7.98. The van der Waals surface area contributed by atoms with Gasteiger partial charge in [0.25, 0.3) is 0 Å². The van der Waals surface area contributed by atoms with E-state index in [1.165, 1.54) is 13.1 Å². The van der Waals surface area contributed by atoms with Crippen LogP contribution in [0.1, 0.15) is 18.4 Å². The number of alkyl halides is 3. The summed E-state index contributed by atoms with van der Waals surface area (Å²) >= 11 is 0. The Bertz CT molecular complexity index is 897. The Morgan fingerprint density at radius 3 is 2.30 bits per heavy atom. The van der Waals surface area contributed by atoms with Gasteiger partial charge < -0.3 is 9.64 Å². The van der Waals surface area contributed by atoms with Crippen molar-refractivity contribution in [2.24, 2.45) is 0 Å². The molecule has 1 aromatic rings. The van der Waals surface area contributed by atoms with Crippen LogP contribution in [0.15, 0.2) is 35.7 Å². The van der Waals surface area contributed by atoms with Crippen LogP contribution in [0.4, 0.5) is 13.2 Å². The van der Waals surface area contributed by atoms with Crippen LogP contribution in [0.3, 0.4) is 0 Å². The number of ether oxygens (including phenoxy) is 1. The van der Waals surface area contributed by atoms with E-state index >= 15 is 0 Å². The van der Waals surface area contributed by atoms with Crippen molar-refractivity contribution in [2.45, 2.75) is 31.0 Å². The van der Waals surface area contributed by atoms with Gasteiger partial charge in [-0.2, -0.15) is 21.6 Å². The minimum absolute atomic E-state index is 0.0200. The fraction of sp³-hybridized carbons (Fsp3) is 0.375. The first-order valence-corrected chi connectivity index (χ1v) is 8.92. The van der Waals surface area contributed by atoms with Gasteiger partial charge in [0.05, 0.1) is 7.11 Å². The number of allylic oxidation sites excluding steroid dienone is 1. The number of nitrogens with zero attached hydrogens (tertiary/aromatic N) is 1. The maximum atomic E-state index is 12.6. The molecule has 27 heavy (non-hydrogen) atoms. The van der Waals surface area contributed by atoms with E-state index in [0.717, 1.165) is 4.90 Å². The van der Waals surface area contributed by atoms with Gasteiger partial charge in [-0.25, -0.2) is 9.59 Å². The fourth-order valence-electron chi connectivity index (χ4n) is 2.48. The van der Waals surface area contributed by atoms with Crippen LogP contribution in [-0.2, 0) is 30.4 Å². The molecule has 1 aliphatic rings. The molecule has 1 atom stereocenters. The number of hydrogen-bond acceptors (Lipinski definition) is 7. The molecule has 146 valence electrons. The lowest BCUT2D eigenvalue weighted by molar-refractivity contribution is -0.0574. The van der Waals surface area contributed by atoms with E-state index in [0.29, 0.717) is 11.3 Å². The second-order valence-electron chi connectivity index (χ2n) is 5.49. The van der Waals surface area contributed by atoms with Crippen LogP contribution < -0.4 is 4.74 Å². The zero-order valence-electron chi connectivity index (χ0n) is 13.9. The average Bonchev–Trinajstić information content (AvgIpc) is 2.61. The van der Waals surface area contributed by atoms with Gasteiger partial charge in [-0.1, -0.05) is 12.1 Å². The van der Waals surface area contributed by atoms with Crippen molar-refractivity contribution in [3.63, 3.8) is 0 Å². The van der Waals surface area contributed by atoms with E-state index in [-0.39, 0.29) is 25.1 Å². The first-order valence-electron chi connectivity index (χ1n) is 7.52. The standard InChI is InChI=1S/C16H14F3NO6S/c1-25-13-5-2-11(3-6-13)8-20-12(9-21)4-7-15(14(20)10-22)26-27(23,24)16(17,18)19/h2-3,5-6,15H,4,7-8H2,1H3. The predicted molar refractivity (Wildman–Crippen MR) is 86.0 cm³/mol. The smallest absolute Gasteiger partial charge is 0.497 e. The minimum atomic E-state index is -5.92. The van der Waals surface area contributed by atoms with Crippen LogP contribution >= 0.6 is 0 Å². The fourth-order valence-corrected chi connectivity index (χ4v) is 3.08. The number of methoxy groups -OCH3 is 1. The largest absolute Gasteiger partial charge is 0.523 e. The van der Waals surface area contributed by atoms with Crippen molar-refractivity contribution in [1.29, 1.82) is 0 Å². The lowest BCUT2D eigenvalue weighted by Gasteiger charge is -2.34. The molecule has 11 heteroatoms. The molecule has 1 fully saturated rings. The summed E-state index contributed by atoms with van der Waals surface area (Å²) < 4.78 is 69.4. The molecule has 1 unspecified atom stereocenters. The van der Waals surface area contributed by atoms with Crippen molar-refractivity contribution in [3.05, 3.63) is 41.2 Å². The van der Waals surface area contributed by atoms with Gasteiger partial charge in [0, 0.05) is 13.0 Å². The minimum Gasteiger partial charge on any atom is -0.497 e. The first kappa shape index (κ1) is 20.7. The molecule has 1 saturated heterocycles. The third kappa shape index (κ3) is 4.58. The number of rotatable bonds is 5. The van der Waals surface area contributed by atoms with Crippen molar-refractivity contribution >= 4 is 22.0 Å². The summed E-state index contributed by atoms with van der Waals surface area (Å²) in [5, 5.41) is 0. The normalized spacial score (nSPS) is 18.1. The highest BCUT2D eigenvalue weighted by atomic mass is 32.2. The average molecular weight is 405 g/mol. The lowest BCUT2D eigenvalue weighted by atomic mass is 10.0. The maximum absolute atomic E-state index is 12.6. The highest BCUT2D eigenvalue weighted by molar-refractivity contribution is 7.87. The number of piperidine rings is 1.